The number of halogens is 2. The molecule has 128 valence electrons. The molecule has 0 aliphatic rings. The largest absolute Gasteiger partial charge is 0.480 e. The minimum Gasteiger partial charge on any atom is -0.480 e. The van der Waals surface area contributed by atoms with Crippen LogP contribution in [0.2, 0.25) is 10.0 Å². The lowest BCUT2D eigenvalue weighted by atomic mass is 10.1. The molecule has 0 unspecified atom stereocenters. The molecule has 0 bridgehead atoms. The van der Waals surface area contributed by atoms with E-state index in [4.69, 9.17) is 28.3 Å². The predicted octanol–water partition coefficient (Wildman–Crippen LogP) is 3.89. The summed E-state index contributed by atoms with van der Waals surface area (Å²) in [7, 11) is -4.11. The maximum atomic E-state index is 12.9. The molecule has 0 saturated heterocycles. The van der Waals surface area contributed by atoms with Gasteiger partial charge in [-0.05, 0) is 55.3 Å². The van der Waals surface area contributed by atoms with Crippen molar-refractivity contribution in [2.24, 2.45) is 0 Å². The van der Waals surface area contributed by atoms with Crippen LogP contribution in [0, 0.1) is 13.8 Å². The molecule has 0 atom stereocenters. The van der Waals surface area contributed by atoms with E-state index in [2.05, 4.69) is 0 Å². The Labute approximate surface area is 150 Å². The van der Waals surface area contributed by atoms with Crippen LogP contribution in [0.15, 0.2) is 41.3 Å². The molecule has 0 fully saturated rings. The van der Waals surface area contributed by atoms with E-state index in [1.807, 2.05) is 6.07 Å². The molecular formula is C16H15Cl2NO4S. The van der Waals surface area contributed by atoms with E-state index in [9.17, 15) is 13.2 Å². The summed E-state index contributed by atoms with van der Waals surface area (Å²) in [5, 5.41) is 9.43. The van der Waals surface area contributed by atoms with E-state index in [1.54, 1.807) is 26.0 Å². The first-order chi connectivity index (χ1) is 11.1. The summed E-state index contributed by atoms with van der Waals surface area (Å²) in [6.07, 6.45) is 0. The number of nitrogens with zero attached hydrogens (tertiary/aromatic N) is 1. The van der Waals surface area contributed by atoms with Crippen LogP contribution in [-0.2, 0) is 14.8 Å². The Morgan fingerprint density at radius 1 is 1.04 bits per heavy atom. The highest BCUT2D eigenvalue weighted by Gasteiger charge is 2.28. The SMILES string of the molecule is Cc1cc(C)cc(N(CC(=O)O)S(=O)(=O)c2ccc(Cl)c(Cl)c2)c1. The monoisotopic (exact) mass is 387 g/mol. The van der Waals surface area contributed by atoms with E-state index in [1.165, 1.54) is 18.2 Å². The molecule has 2 rings (SSSR count). The number of aryl methyl sites for hydroxylation is 2. The number of carboxylic acids is 1. The van der Waals surface area contributed by atoms with Gasteiger partial charge in [-0.3, -0.25) is 9.10 Å². The molecule has 1 N–H and O–H groups in total. The molecule has 0 aliphatic heterocycles. The summed E-state index contributed by atoms with van der Waals surface area (Å²) >= 11 is 11.7. The van der Waals surface area contributed by atoms with E-state index in [0.717, 1.165) is 15.4 Å². The Morgan fingerprint density at radius 2 is 1.62 bits per heavy atom. The van der Waals surface area contributed by atoms with Crippen LogP contribution in [0.5, 0.6) is 0 Å². The van der Waals surface area contributed by atoms with Crippen molar-refractivity contribution in [3.63, 3.8) is 0 Å². The van der Waals surface area contributed by atoms with Gasteiger partial charge in [-0.1, -0.05) is 29.3 Å². The van der Waals surface area contributed by atoms with Gasteiger partial charge in [-0.25, -0.2) is 8.42 Å². The maximum absolute atomic E-state index is 12.9. The fourth-order valence-corrected chi connectivity index (χ4v) is 4.08. The average Bonchev–Trinajstić information content (AvgIpc) is 2.46. The second kappa shape index (κ2) is 7.01. The summed E-state index contributed by atoms with van der Waals surface area (Å²) in [6, 6.07) is 8.96. The van der Waals surface area contributed by atoms with Gasteiger partial charge in [0, 0.05) is 0 Å². The van der Waals surface area contributed by atoms with Crippen LogP contribution in [0.1, 0.15) is 11.1 Å². The van der Waals surface area contributed by atoms with E-state index < -0.39 is 22.5 Å². The fraction of sp³-hybridized carbons (Fsp3) is 0.188. The quantitative estimate of drug-likeness (QED) is 0.843. The topological polar surface area (TPSA) is 74.7 Å². The smallest absolute Gasteiger partial charge is 0.324 e. The lowest BCUT2D eigenvalue weighted by molar-refractivity contribution is -0.135. The van der Waals surface area contributed by atoms with E-state index in [-0.39, 0.29) is 20.6 Å². The van der Waals surface area contributed by atoms with Gasteiger partial charge in [0.15, 0.2) is 0 Å². The fourth-order valence-electron chi connectivity index (χ4n) is 2.30. The summed E-state index contributed by atoms with van der Waals surface area (Å²) in [5.41, 5.74) is 1.93. The first-order valence-electron chi connectivity index (χ1n) is 6.89. The molecule has 0 heterocycles. The molecule has 24 heavy (non-hydrogen) atoms. The number of aliphatic carboxylic acids is 1. The summed E-state index contributed by atoms with van der Waals surface area (Å²) in [5.74, 6) is -1.27. The van der Waals surface area contributed by atoms with Crippen molar-refractivity contribution in [2.45, 2.75) is 18.7 Å². The number of anilines is 1. The molecule has 8 heteroatoms. The number of benzene rings is 2. The van der Waals surface area contributed by atoms with Crippen molar-refractivity contribution in [3.05, 3.63) is 57.6 Å². The molecule has 5 nitrogen and oxygen atoms in total. The van der Waals surface area contributed by atoms with Gasteiger partial charge in [0.1, 0.15) is 6.54 Å². The molecule has 0 aliphatic carbocycles. The van der Waals surface area contributed by atoms with E-state index in [0.29, 0.717) is 0 Å². The van der Waals surface area contributed by atoms with Crippen LogP contribution in [-0.4, -0.2) is 26.0 Å². The van der Waals surface area contributed by atoms with Gasteiger partial charge in [-0.2, -0.15) is 0 Å². The summed E-state index contributed by atoms with van der Waals surface area (Å²) in [6.45, 7) is 2.91. The number of rotatable bonds is 5. The van der Waals surface area contributed by atoms with Crippen molar-refractivity contribution < 1.29 is 18.3 Å². The van der Waals surface area contributed by atoms with Gasteiger partial charge in [0.05, 0.1) is 20.6 Å². The van der Waals surface area contributed by atoms with Crippen molar-refractivity contribution in [1.82, 2.24) is 0 Å². The number of hydrogen-bond acceptors (Lipinski definition) is 3. The number of carbonyl (C=O) groups is 1. The van der Waals surface area contributed by atoms with Crippen LogP contribution < -0.4 is 4.31 Å². The van der Waals surface area contributed by atoms with Gasteiger partial charge >= 0.3 is 5.97 Å². The maximum Gasteiger partial charge on any atom is 0.324 e. The standard InChI is InChI=1S/C16H15Cl2NO4S/c1-10-5-11(2)7-12(6-10)19(9-16(20)21)24(22,23)13-3-4-14(17)15(18)8-13/h3-8H,9H2,1-2H3,(H,20,21). The molecule has 0 amide bonds. The lowest BCUT2D eigenvalue weighted by Gasteiger charge is -2.23. The van der Waals surface area contributed by atoms with Gasteiger partial charge in [-0.15, -0.1) is 0 Å². The zero-order valence-corrected chi connectivity index (χ0v) is 15.3. The molecule has 0 radical (unpaired) electrons. The Bertz CT molecular complexity index is 877. The highest BCUT2D eigenvalue weighted by Crippen LogP contribution is 2.29. The minimum absolute atomic E-state index is 0.0773. The number of carboxylic acid groups (broad SMARTS) is 1. The Hall–Kier alpha value is -1.76. The van der Waals surface area contributed by atoms with Crippen LogP contribution in [0.4, 0.5) is 5.69 Å². The molecule has 0 aromatic heterocycles. The predicted molar refractivity (Wildman–Crippen MR) is 94.5 cm³/mol. The van der Waals surface area contributed by atoms with Crippen molar-refractivity contribution in [3.8, 4) is 0 Å². The summed E-state index contributed by atoms with van der Waals surface area (Å²) in [4.78, 5) is 11.1. The molecule has 0 saturated carbocycles. The Morgan fingerprint density at radius 3 is 2.12 bits per heavy atom. The first-order valence-corrected chi connectivity index (χ1v) is 9.09. The third-order valence-corrected chi connectivity index (χ3v) is 5.76. The zero-order chi connectivity index (χ0) is 18.1. The van der Waals surface area contributed by atoms with Crippen LogP contribution in [0.25, 0.3) is 0 Å². The van der Waals surface area contributed by atoms with Gasteiger partial charge < -0.3 is 5.11 Å². The molecular weight excluding hydrogens is 373 g/mol. The van der Waals surface area contributed by atoms with E-state index >= 15 is 0 Å². The van der Waals surface area contributed by atoms with Gasteiger partial charge in [0.2, 0.25) is 0 Å². The lowest BCUT2D eigenvalue weighted by Crippen LogP contribution is -2.35. The normalized spacial score (nSPS) is 11.3. The highest BCUT2D eigenvalue weighted by molar-refractivity contribution is 7.92. The summed E-state index contributed by atoms with van der Waals surface area (Å²) < 4.78 is 26.7. The second-order valence-corrected chi connectivity index (χ2v) is 8.00. The van der Waals surface area contributed by atoms with Crippen LogP contribution in [0.3, 0.4) is 0 Å². The number of hydrogen-bond donors (Lipinski definition) is 1. The minimum atomic E-state index is -4.11. The average molecular weight is 388 g/mol. The van der Waals surface area contributed by atoms with Crippen molar-refractivity contribution >= 4 is 44.9 Å². The highest BCUT2D eigenvalue weighted by atomic mass is 35.5. The zero-order valence-electron chi connectivity index (χ0n) is 13.0. The van der Waals surface area contributed by atoms with Crippen LogP contribution >= 0.6 is 23.2 Å². The van der Waals surface area contributed by atoms with Crippen molar-refractivity contribution in [2.75, 3.05) is 10.8 Å². The Balaban J connectivity index is 2.61. The number of sulfonamides is 1. The first kappa shape index (κ1) is 18.6. The Kier molecular flexibility index (Phi) is 5.42. The third-order valence-electron chi connectivity index (χ3n) is 3.25. The molecule has 2 aromatic carbocycles. The second-order valence-electron chi connectivity index (χ2n) is 5.33. The molecule has 2 aromatic rings. The van der Waals surface area contributed by atoms with Crippen molar-refractivity contribution in [1.29, 1.82) is 0 Å². The third kappa shape index (κ3) is 4.01. The molecule has 0 spiro atoms. The van der Waals surface area contributed by atoms with Gasteiger partial charge in [0.25, 0.3) is 10.0 Å².